The van der Waals surface area contributed by atoms with E-state index in [2.05, 4.69) is 39.3 Å². The molecule has 3 rings (SSSR count). The SMILES string of the molecule is CCc1nc(CN2CCC(CNC(=NC)N3CCC(C)CC3)CC2)cs1. The minimum atomic E-state index is 0.758. The number of aliphatic imine (C=N–C) groups is 1. The second kappa shape index (κ2) is 9.70. The van der Waals surface area contributed by atoms with Crippen molar-refractivity contribution < 1.29 is 0 Å². The highest BCUT2D eigenvalue weighted by atomic mass is 32.1. The summed E-state index contributed by atoms with van der Waals surface area (Å²) >= 11 is 1.80. The number of nitrogens with one attached hydrogen (secondary N) is 1. The smallest absolute Gasteiger partial charge is 0.193 e. The quantitative estimate of drug-likeness (QED) is 0.632. The van der Waals surface area contributed by atoms with E-state index in [-0.39, 0.29) is 0 Å². The first kappa shape index (κ1) is 19.6. The summed E-state index contributed by atoms with van der Waals surface area (Å²) in [5, 5.41) is 7.14. The number of piperidine rings is 2. The zero-order chi connectivity index (χ0) is 18.4. The van der Waals surface area contributed by atoms with Crippen molar-refractivity contribution >= 4 is 17.3 Å². The maximum absolute atomic E-state index is 4.71. The number of hydrogen-bond donors (Lipinski definition) is 1. The Hall–Kier alpha value is -1.14. The molecule has 146 valence electrons. The molecule has 0 saturated carbocycles. The summed E-state index contributed by atoms with van der Waals surface area (Å²) in [6.07, 6.45) is 6.16. The molecule has 0 unspecified atom stereocenters. The monoisotopic (exact) mass is 377 g/mol. The molecule has 1 N–H and O–H groups in total. The van der Waals surface area contributed by atoms with Crippen LogP contribution in [0.5, 0.6) is 0 Å². The molecule has 0 amide bonds. The van der Waals surface area contributed by atoms with Crippen molar-refractivity contribution in [3.8, 4) is 0 Å². The molecule has 2 aliphatic rings. The highest BCUT2D eigenvalue weighted by Gasteiger charge is 2.22. The van der Waals surface area contributed by atoms with Gasteiger partial charge in [-0.3, -0.25) is 9.89 Å². The van der Waals surface area contributed by atoms with Gasteiger partial charge < -0.3 is 10.2 Å². The summed E-state index contributed by atoms with van der Waals surface area (Å²) in [5.74, 6) is 2.72. The number of thiazole rings is 1. The second-order valence-corrected chi connectivity index (χ2v) is 8.85. The van der Waals surface area contributed by atoms with Crippen molar-refractivity contribution in [3.63, 3.8) is 0 Å². The lowest BCUT2D eigenvalue weighted by atomic mass is 9.96. The van der Waals surface area contributed by atoms with E-state index in [1.165, 1.54) is 49.5 Å². The largest absolute Gasteiger partial charge is 0.356 e. The Labute approximate surface area is 162 Å². The second-order valence-electron chi connectivity index (χ2n) is 7.90. The molecule has 1 aromatic rings. The highest BCUT2D eigenvalue weighted by molar-refractivity contribution is 7.09. The van der Waals surface area contributed by atoms with Crippen LogP contribution in [0, 0.1) is 11.8 Å². The normalized spacial score (nSPS) is 21.3. The summed E-state index contributed by atoms with van der Waals surface area (Å²) in [4.78, 5) is 14.2. The minimum absolute atomic E-state index is 0.758. The topological polar surface area (TPSA) is 43.8 Å². The van der Waals surface area contributed by atoms with E-state index in [0.29, 0.717) is 0 Å². The third-order valence-corrected chi connectivity index (χ3v) is 6.88. The number of aryl methyl sites for hydroxylation is 1. The number of hydrogen-bond acceptors (Lipinski definition) is 4. The fourth-order valence-corrected chi connectivity index (χ4v) is 4.69. The van der Waals surface area contributed by atoms with E-state index < -0.39 is 0 Å². The molecule has 1 aromatic heterocycles. The maximum atomic E-state index is 4.71. The van der Waals surface area contributed by atoms with Gasteiger partial charge in [0.05, 0.1) is 10.7 Å². The summed E-state index contributed by atoms with van der Waals surface area (Å²) in [5.41, 5.74) is 1.25. The zero-order valence-electron chi connectivity index (χ0n) is 16.7. The number of rotatable bonds is 5. The van der Waals surface area contributed by atoms with Crippen molar-refractivity contribution in [3.05, 3.63) is 16.1 Å². The molecule has 0 bridgehead atoms. The van der Waals surface area contributed by atoms with Crippen molar-refractivity contribution in [2.24, 2.45) is 16.8 Å². The van der Waals surface area contributed by atoms with Crippen LogP contribution >= 0.6 is 11.3 Å². The van der Waals surface area contributed by atoms with Crippen LogP contribution in [0.4, 0.5) is 0 Å². The highest BCUT2D eigenvalue weighted by Crippen LogP contribution is 2.20. The summed E-state index contributed by atoms with van der Waals surface area (Å²) in [6, 6.07) is 0. The first-order chi connectivity index (χ1) is 12.7. The maximum Gasteiger partial charge on any atom is 0.193 e. The molecular weight excluding hydrogens is 342 g/mol. The van der Waals surface area contributed by atoms with Gasteiger partial charge >= 0.3 is 0 Å². The molecule has 3 heterocycles. The van der Waals surface area contributed by atoms with Gasteiger partial charge in [0.2, 0.25) is 0 Å². The Morgan fingerprint density at radius 1 is 1.23 bits per heavy atom. The van der Waals surface area contributed by atoms with Crippen molar-refractivity contribution in [1.82, 2.24) is 20.1 Å². The lowest BCUT2D eigenvalue weighted by Crippen LogP contribution is -2.47. The lowest BCUT2D eigenvalue weighted by Gasteiger charge is -2.35. The molecule has 5 nitrogen and oxygen atoms in total. The van der Waals surface area contributed by atoms with Gasteiger partial charge in [-0.1, -0.05) is 13.8 Å². The van der Waals surface area contributed by atoms with Crippen LogP contribution in [-0.4, -0.2) is 60.5 Å². The molecule has 2 fully saturated rings. The first-order valence-electron chi connectivity index (χ1n) is 10.3. The molecule has 0 radical (unpaired) electrons. The summed E-state index contributed by atoms with van der Waals surface area (Å²) in [6.45, 7) is 11.3. The van der Waals surface area contributed by atoms with E-state index in [0.717, 1.165) is 50.4 Å². The van der Waals surface area contributed by atoms with Crippen molar-refractivity contribution in [2.45, 2.75) is 52.5 Å². The number of aromatic nitrogens is 1. The van der Waals surface area contributed by atoms with E-state index >= 15 is 0 Å². The van der Waals surface area contributed by atoms with Crippen LogP contribution in [0.2, 0.25) is 0 Å². The molecule has 2 saturated heterocycles. The lowest BCUT2D eigenvalue weighted by molar-refractivity contribution is 0.175. The van der Waals surface area contributed by atoms with Crippen LogP contribution in [0.15, 0.2) is 10.4 Å². The first-order valence-corrected chi connectivity index (χ1v) is 11.2. The van der Waals surface area contributed by atoms with Gasteiger partial charge in [0.1, 0.15) is 0 Å². The van der Waals surface area contributed by atoms with Gasteiger partial charge in [0.25, 0.3) is 0 Å². The van der Waals surface area contributed by atoms with Crippen LogP contribution in [0.25, 0.3) is 0 Å². The molecule has 0 aromatic carbocycles. The van der Waals surface area contributed by atoms with Gasteiger partial charge in [-0.25, -0.2) is 4.98 Å². The number of nitrogens with zero attached hydrogens (tertiary/aromatic N) is 4. The van der Waals surface area contributed by atoms with Crippen LogP contribution in [0.1, 0.15) is 50.2 Å². The van der Waals surface area contributed by atoms with Crippen LogP contribution < -0.4 is 5.32 Å². The number of guanidine groups is 1. The Kier molecular flexibility index (Phi) is 7.32. The standard InChI is InChI=1S/C20H35N5S/c1-4-19-23-18(15-26-19)14-24-9-7-17(8-10-24)13-22-20(21-3)25-11-5-16(2)6-12-25/h15-17H,4-14H2,1-3H3,(H,21,22). The molecule has 26 heavy (non-hydrogen) atoms. The fourth-order valence-electron chi connectivity index (χ4n) is 3.95. The Morgan fingerprint density at radius 3 is 2.58 bits per heavy atom. The number of likely N-dealkylation sites (tertiary alicyclic amines) is 2. The minimum Gasteiger partial charge on any atom is -0.356 e. The molecule has 0 aliphatic carbocycles. The average Bonchev–Trinajstić information content (AvgIpc) is 3.12. The van der Waals surface area contributed by atoms with E-state index in [1.807, 2.05) is 7.05 Å². The summed E-state index contributed by atoms with van der Waals surface area (Å²) in [7, 11) is 1.92. The molecule has 0 spiro atoms. The molecule has 2 aliphatic heterocycles. The molecule has 0 atom stereocenters. The van der Waals surface area contributed by atoms with Gasteiger partial charge in [0, 0.05) is 38.6 Å². The van der Waals surface area contributed by atoms with E-state index in [9.17, 15) is 0 Å². The zero-order valence-corrected chi connectivity index (χ0v) is 17.5. The predicted octanol–water partition coefficient (Wildman–Crippen LogP) is 3.22. The van der Waals surface area contributed by atoms with E-state index in [4.69, 9.17) is 4.98 Å². The Bertz CT molecular complexity index is 569. The fraction of sp³-hybridized carbons (Fsp3) is 0.800. The average molecular weight is 378 g/mol. The summed E-state index contributed by atoms with van der Waals surface area (Å²) < 4.78 is 0. The molecular formula is C20H35N5S. The Morgan fingerprint density at radius 2 is 1.96 bits per heavy atom. The van der Waals surface area contributed by atoms with Gasteiger partial charge in [-0.2, -0.15) is 0 Å². The Balaban J connectivity index is 1.38. The van der Waals surface area contributed by atoms with Crippen LogP contribution in [-0.2, 0) is 13.0 Å². The van der Waals surface area contributed by atoms with Crippen molar-refractivity contribution in [2.75, 3.05) is 39.8 Å². The van der Waals surface area contributed by atoms with Gasteiger partial charge in [-0.05, 0) is 57.0 Å². The van der Waals surface area contributed by atoms with Gasteiger partial charge in [0.15, 0.2) is 5.96 Å². The van der Waals surface area contributed by atoms with Gasteiger partial charge in [-0.15, -0.1) is 11.3 Å². The molecule has 6 heteroatoms. The third-order valence-electron chi connectivity index (χ3n) is 5.84. The van der Waals surface area contributed by atoms with Crippen LogP contribution in [0.3, 0.4) is 0 Å². The predicted molar refractivity (Wildman–Crippen MR) is 111 cm³/mol. The third kappa shape index (κ3) is 5.43. The van der Waals surface area contributed by atoms with E-state index in [1.54, 1.807) is 11.3 Å². The van der Waals surface area contributed by atoms with Crippen molar-refractivity contribution in [1.29, 1.82) is 0 Å².